The number of rotatable bonds is 3. The minimum Gasteiger partial charge on any atom is -0.481 e. The van der Waals surface area contributed by atoms with Crippen LogP contribution in [0.1, 0.15) is 36.2 Å². The van der Waals surface area contributed by atoms with Crippen molar-refractivity contribution < 1.29 is 14.7 Å². The fraction of sp³-hybridized carbons (Fsp3) is 0.583. The maximum atomic E-state index is 12.0. The van der Waals surface area contributed by atoms with Crippen LogP contribution in [0.2, 0.25) is 0 Å². The average Bonchev–Trinajstić information content (AvgIpc) is 2.76. The molecule has 1 aromatic rings. The van der Waals surface area contributed by atoms with Crippen molar-refractivity contribution in [2.45, 2.75) is 31.7 Å². The number of aromatic nitrogens is 2. The second kappa shape index (κ2) is 5.20. The van der Waals surface area contributed by atoms with Crippen LogP contribution in [-0.2, 0) is 11.8 Å². The lowest BCUT2D eigenvalue weighted by Crippen LogP contribution is -2.40. The Kier molecular flexibility index (Phi) is 3.64. The highest BCUT2D eigenvalue weighted by Gasteiger charge is 2.28. The van der Waals surface area contributed by atoms with Crippen molar-refractivity contribution in [1.29, 1.82) is 0 Å². The number of carboxylic acids is 1. The summed E-state index contributed by atoms with van der Waals surface area (Å²) in [6.45, 7) is 0. The van der Waals surface area contributed by atoms with Crippen LogP contribution in [0.15, 0.2) is 12.5 Å². The van der Waals surface area contributed by atoms with E-state index in [-0.39, 0.29) is 17.9 Å². The molecule has 2 unspecified atom stereocenters. The summed E-state index contributed by atoms with van der Waals surface area (Å²) < 4.78 is 1.65. The Morgan fingerprint density at radius 1 is 1.50 bits per heavy atom. The zero-order valence-electron chi connectivity index (χ0n) is 10.3. The Balaban J connectivity index is 1.95. The van der Waals surface area contributed by atoms with Crippen LogP contribution in [0.25, 0.3) is 0 Å². The minimum absolute atomic E-state index is 0.0535. The van der Waals surface area contributed by atoms with Crippen molar-refractivity contribution >= 4 is 11.9 Å². The summed E-state index contributed by atoms with van der Waals surface area (Å²) in [5, 5.41) is 11.9. The smallest absolute Gasteiger partial charge is 0.306 e. The van der Waals surface area contributed by atoms with Crippen molar-refractivity contribution in [2.24, 2.45) is 13.0 Å². The topological polar surface area (TPSA) is 84.2 Å². The lowest BCUT2D eigenvalue weighted by Gasteiger charge is -2.27. The van der Waals surface area contributed by atoms with E-state index in [0.717, 1.165) is 12.8 Å². The lowest BCUT2D eigenvalue weighted by atomic mass is 9.86. The molecule has 1 aromatic heterocycles. The van der Waals surface area contributed by atoms with E-state index in [9.17, 15) is 9.59 Å². The van der Waals surface area contributed by atoms with Crippen LogP contribution in [0.3, 0.4) is 0 Å². The number of carbonyl (C=O) groups excluding carboxylic acids is 1. The van der Waals surface area contributed by atoms with Gasteiger partial charge in [-0.2, -0.15) is 0 Å². The van der Waals surface area contributed by atoms with Gasteiger partial charge in [-0.3, -0.25) is 9.59 Å². The third-order valence-corrected chi connectivity index (χ3v) is 3.41. The van der Waals surface area contributed by atoms with Crippen LogP contribution in [-0.4, -0.2) is 32.6 Å². The van der Waals surface area contributed by atoms with Gasteiger partial charge in [0.1, 0.15) is 5.69 Å². The summed E-state index contributed by atoms with van der Waals surface area (Å²) in [6.07, 6.45) is 5.97. The molecule has 6 heteroatoms. The number of hydrogen-bond acceptors (Lipinski definition) is 3. The molecule has 1 saturated carbocycles. The zero-order valence-corrected chi connectivity index (χ0v) is 10.3. The maximum absolute atomic E-state index is 12.0. The van der Waals surface area contributed by atoms with Gasteiger partial charge in [0, 0.05) is 13.1 Å². The summed E-state index contributed by atoms with van der Waals surface area (Å²) in [5.74, 6) is -1.30. The van der Waals surface area contributed by atoms with E-state index in [1.807, 2.05) is 0 Å². The minimum atomic E-state index is -0.769. The van der Waals surface area contributed by atoms with E-state index in [2.05, 4.69) is 10.3 Å². The second-order valence-electron chi connectivity index (χ2n) is 4.76. The van der Waals surface area contributed by atoms with Gasteiger partial charge < -0.3 is 15.0 Å². The van der Waals surface area contributed by atoms with Crippen LogP contribution >= 0.6 is 0 Å². The summed E-state index contributed by atoms with van der Waals surface area (Å²) in [5.41, 5.74) is 0.493. The van der Waals surface area contributed by atoms with Gasteiger partial charge in [0.05, 0.1) is 18.4 Å². The summed E-state index contributed by atoms with van der Waals surface area (Å²) in [4.78, 5) is 26.8. The molecule has 2 atom stereocenters. The van der Waals surface area contributed by atoms with E-state index in [0.29, 0.717) is 18.5 Å². The van der Waals surface area contributed by atoms with E-state index >= 15 is 0 Å². The molecular weight excluding hydrogens is 234 g/mol. The molecule has 1 aliphatic carbocycles. The molecule has 1 amide bonds. The number of nitrogens with zero attached hydrogens (tertiary/aromatic N) is 2. The highest BCUT2D eigenvalue weighted by molar-refractivity contribution is 5.92. The molecule has 1 heterocycles. The maximum Gasteiger partial charge on any atom is 0.306 e. The molecule has 1 fully saturated rings. The largest absolute Gasteiger partial charge is 0.481 e. The van der Waals surface area contributed by atoms with Gasteiger partial charge in [-0.15, -0.1) is 0 Å². The molecule has 0 aliphatic heterocycles. The Bertz CT molecular complexity index is 455. The van der Waals surface area contributed by atoms with E-state index in [1.54, 1.807) is 17.9 Å². The first-order chi connectivity index (χ1) is 8.58. The molecule has 18 heavy (non-hydrogen) atoms. The molecule has 0 aromatic carbocycles. The Morgan fingerprint density at radius 3 is 2.89 bits per heavy atom. The molecule has 6 nitrogen and oxygen atoms in total. The van der Waals surface area contributed by atoms with E-state index < -0.39 is 5.97 Å². The number of amides is 1. The highest BCUT2D eigenvalue weighted by atomic mass is 16.4. The predicted octanol–water partition coefficient (Wildman–Crippen LogP) is 0.793. The zero-order chi connectivity index (χ0) is 13.1. The van der Waals surface area contributed by atoms with Crippen LogP contribution in [0.5, 0.6) is 0 Å². The van der Waals surface area contributed by atoms with Gasteiger partial charge in [0.25, 0.3) is 5.91 Å². The lowest BCUT2D eigenvalue weighted by molar-refractivity contribution is -0.143. The van der Waals surface area contributed by atoms with Crippen LogP contribution in [0.4, 0.5) is 0 Å². The molecule has 0 saturated heterocycles. The van der Waals surface area contributed by atoms with Crippen molar-refractivity contribution in [3.05, 3.63) is 18.2 Å². The predicted molar refractivity (Wildman–Crippen MR) is 64.1 cm³/mol. The summed E-state index contributed by atoms with van der Waals surface area (Å²) in [6, 6.07) is -0.0535. The first-order valence-corrected chi connectivity index (χ1v) is 6.08. The SMILES string of the molecule is Cn1cncc1C(=O)NC1CCCC(C(=O)O)C1. The van der Waals surface area contributed by atoms with Gasteiger partial charge >= 0.3 is 5.97 Å². The monoisotopic (exact) mass is 251 g/mol. The number of aliphatic carboxylic acids is 1. The van der Waals surface area contributed by atoms with Gasteiger partial charge in [0.15, 0.2) is 0 Å². The number of aryl methyl sites for hydroxylation is 1. The first-order valence-electron chi connectivity index (χ1n) is 6.08. The number of imidazole rings is 1. The molecule has 2 N–H and O–H groups in total. The molecule has 0 spiro atoms. The molecule has 0 bridgehead atoms. The van der Waals surface area contributed by atoms with Gasteiger partial charge in [0.2, 0.25) is 0 Å². The Morgan fingerprint density at radius 2 is 2.28 bits per heavy atom. The third-order valence-electron chi connectivity index (χ3n) is 3.41. The average molecular weight is 251 g/mol. The number of carboxylic acid groups (broad SMARTS) is 1. The Labute approximate surface area is 105 Å². The van der Waals surface area contributed by atoms with Gasteiger partial charge in [-0.05, 0) is 19.3 Å². The fourth-order valence-electron chi connectivity index (χ4n) is 2.38. The quantitative estimate of drug-likeness (QED) is 0.832. The van der Waals surface area contributed by atoms with Gasteiger partial charge in [-0.25, -0.2) is 4.98 Å². The molecule has 0 radical (unpaired) electrons. The van der Waals surface area contributed by atoms with Gasteiger partial charge in [-0.1, -0.05) is 6.42 Å². The standard InChI is InChI=1S/C12H17N3O3/c1-15-7-13-6-10(15)11(16)14-9-4-2-3-8(5-9)12(17)18/h6-9H,2-5H2,1H3,(H,14,16)(H,17,18). The number of carbonyl (C=O) groups is 2. The molecule has 1 aliphatic rings. The third kappa shape index (κ3) is 2.69. The van der Waals surface area contributed by atoms with Crippen molar-refractivity contribution in [3.63, 3.8) is 0 Å². The molecular formula is C12H17N3O3. The summed E-state index contributed by atoms with van der Waals surface area (Å²) >= 11 is 0. The van der Waals surface area contributed by atoms with Crippen LogP contribution < -0.4 is 5.32 Å². The summed E-state index contributed by atoms with van der Waals surface area (Å²) in [7, 11) is 1.75. The number of hydrogen-bond donors (Lipinski definition) is 2. The molecule has 98 valence electrons. The highest BCUT2D eigenvalue weighted by Crippen LogP contribution is 2.24. The number of nitrogens with one attached hydrogen (secondary N) is 1. The Hall–Kier alpha value is -1.85. The van der Waals surface area contributed by atoms with Crippen molar-refractivity contribution in [1.82, 2.24) is 14.9 Å². The van der Waals surface area contributed by atoms with Crippen LogP contribution in [0, 0.1) is 5.92 Å². The van der Waals surface area contributed by atoms with Crippen molar-refractivity contribution in [2.75, 3.05) is 0 Å². The van der Waals surface area contributed by atoms with Crippen molar-refractivity contribution in [3.8, 4) is 0 Å². The first kappa shape index (κ1) is 12.6. The second-order valence-corrected chi connectivity index (χ2v) is 4.76. The van der Waals surface area contributed by atoms with E-state index in [4.69, 9.17) is 5.11 Å². The normalized spacial score (nSPS) is 23.6. The fourth-order valence-corrected chi connectivity index (χ4v) is 2.38. The van der Waals surface area contributed by atoms with E-state index in [1.165, 1.54) is 6.20 Å². The molecule has 2 rings (SSSR count).